The van der Waals surface area contributed by atoms with Crippen LogP contribution in [0.4, 0.5) is 4.39 Å². The molecule has 0 unspecified atom stereocenters. The summed E-state index contributed by atoms with van der Waals surface area (Å²) in [5.74, 6) is -1.12. The molecule has 0 bridgehead atoms. The van der Waals surface area contributed by atoms with E-state index in [1.54, 1.807) is 24.3 Å². The van der Waals surface area contributed by atoms with Gasteiger partial charge in [0.2, 0.25) is 0 Å². The number of rotatable bonds is 4. The van der Waals surface area contributed by atoms with Gasteiger partial charge < -0.3 is 4.74 Å². The van der Waals surface area contributed by atoms with E-state index in [1.165, 1.54) is 29.2 Å². The second-order valence-electron chi connectivity index (χ2n) is 4.58. The van der Waals surface area contributed by atoms with Gasteiger partial charge in [-0.2, -0.15) is 0 Å². The topological polar surface area (TPSA) is 69.9 Å². The molecule has 1 aromatic heterocycles. The largest absolute Gasteiger partial charge is 0.457 e. The van der Waals surface area contributed by atoms with Crippen LogP contribution >= 0.6 is 11.6 Å². The van der Waals surface area contributed by atoms with E-state index in [0.717, 1.165) is 0 Å². The Hall–Kier alpha value is -2.80. The first kappa shape index (κ1) is 15.1. The van der Waals surface area contributed by atoms with E-state index < -0.39 is 11.8 Å². The van der Waals surface area contributed by atoms with Crippen molar-refractivity contribution in [3.8, 4) is 5.69 Å². The number of nitrogens with zero attached hydrogens (tertiary/aromatic N) is 4. The van der Waals surface area contributed by atoms with Gasteiger partial charge in [0.25, 0.3) is 0 Å². The van der Waals surface area contributed by atoms with Crippen molar-refractivity contribution in [2.45, 2.75) is 6.61 Å². The van der Waals surface area contributed by atoms with Crippen LogP contribution in [0.15, 0.2) is 48.8 Å². The molecule has 0 amide bonds. The van der Waals surface area contributed by atoms with Gasteiger partial charge in [-0.1, -0.05) is 23.7 Å². The van der Waals surface area contributed by atoms with Crippen molar-refractivity contribution in [1.82, 2.24) is 20.2 Å². The summed E-state index contributed by atoms with van der Waals surface area (Å²) in [5, 5.41) is 11.0. The maximum absolute atomic E-state index is 13.7. The summed E-state index contributed by atoms with van der Waals surface area (Å²) in [6, 6.07) is 10.8. The van der Waals surface area contributed by atoms with Crippen molar-refractivity contribution in [2.75, 3.05) is 0 Å². The standard InChI is InChI=1S/C15H10ClFN4O2/c16-13-5-2-6-14(17)12(13)8-23-15(22)10-3-1-4-11(7-10)21-9-18-19-20-21/h1-7,9H,8H2. The Bertz CT molecular complexity index is 819. The maximum atomic E-state index is 13.7. The first-order valence-electron chi connectivity index (χ1n) is 6.58. The molecular formula is C15H10ClFN4O2. The van der Waals surface area contributed by atoms with Crippen LogP contribution in [0.3, 0.4) is 0 Å². The SMILES string of the molecule is O=C(OCc1c(F)cccc1Cl)c1cccc(-n2cnnn2)c1. The Balaban J connectivity index is 1.75. The average Bonchev–Trinajstić information content (AvgIpc) is 3.09. The second-order valence-corrected chi connectivity index (χ2v) is 4.99. The van der Waals surface area contributed by atoms with Crippen LogP contribution in [0.2, 0.25) is 5.02 Å². The first-order chi connectivity index (χ1) is 11.1. The number of carbonyl (C=O) groups excluding carboxylic acids is 1. The lowest BCUT2D eigenvalue weighted by Crippen LogP contribution is -2.07. The van der Waals surface area contributed by atoms with Gasteiger partial charge in [0.05, 0.1) is 16.3 Å². The fourth-order valence-electron chi connectivity index (χ4n) is 1.95. The second kappa shape index (κ2) is 6.53. The highest BCUT2D eigenvalue weighted by atomic mass is 35.5. The monoisotopic (exact) mass is 332 g/mol. The highest BCUT2D eigenvalue weighted by molar-refractivity contribution is 6.31. The Labute approximate surface area is 135 Å². The summed E-state index contributed by atoms with van der Waals surface area (Å²) < 4.78 is 20.2. The molecule has 0 aliphatic heterocycles. The van der Waals surface area contributed by atoms with E-state index >= 15 is 0 Å². The predicted octanol–water partition coefficient (Wildman–Crippen LogP) is 2.81. The molecule has 0 saturated heterocycles. The van der Waals surface area contributed by atoms with E-state index in [2.05, 4.69) is 15.5 Å². The minimum absolute atomic E-state index is 0.138. The minimum atomic E-state index is -0.598. The molecule has 116 valence electrons. The van der Waals surface area contributed by atoms with E-state index in [4.69, 9.17) is 16.3 Å². The maximum Gasteiger partial charge on any atom is 0.338 e. The van der Waals surface area contributed by atoms with Gasteiger partial charge in [-0.05, 0) is 40.8 Å². The molecule has 2 aromatic carbocycles. The number of hydrogen-bond acceptors (Lipinski definition) is 5. The Kier molecular flexibility index (Phi) is 4.29. The van der Waals surface area contributed by atoms with Crippen LogP contribution < -0.4 is 0 Å². The minimum Gasteiger partial charge on any atom is -0.457 e. The third-order valence-corrected chi connectivity index (χ3v) is 3.46. The lowest BCUT2D eigenvalue weighted by atomic mass is 10.2. The van der Waals surface area contributed by atoms with Crippen LogP contribution in [0.5, 0.6) is 0 Å². The van der Waals surface area contributed by atoms with Gasteiger partial charge in [-0.15, -0.1) is 5.10 Å². The summed E-state index contributed by atoms with van der Waals surface area (Å²) in [6.45, 7) is -0.251. The van der Waals surface area contributed by atoms with Gasteiger partial charge >= 0.3 is 5.97 Å². The quantitative estimate of drug-likeness (QED) is 0.687. The first-order valence-corrected chi connectivity index (χ1v) is 6.96. The smallest absolute Gasteiger partial charge is 0.338 e. The normalized spacial score (nSPS) is 10.5. The summed E-state index contributed by atoms with van der Waals surface area (Å²) in [6.07, 6.45) is 1.41. The molecule has 0 spiro atoms. The fourth-order valence-corrected chi connectivity index (χ4v) is 2.16. The van der Waals surface area contributed by atoms with Gasteiger partial charge in [0.15, 0.2) is 0 Å². The zero-order chi connectivity index (χ0) is 16.2. The number of halogens is 2. The Morgan fingerprint density at radius 1 is 1.26 bits per heavy atom. The van der Waals surface area contributed by atoms with Gasteiger partial charge in [-0.3, -0.25) is 0 Å². The molecule has 0 fully saturated rings. The molecule has 3 aromatic rings. The van der Waals surface area contributed by atoms with Crippen LogP contribution in [0.25, 0.3) is 5.69 Å². The summed E-state index contributed by atoms with van der Waals surface area (Å²) >= 11 is 5.89. The number of hydrogen-bond donors (Lipinski definition) is 0. The summed E-state index contributed by atoms with van der Waals surface area (Å²) in [7, 11) is 0. The molecule has 23 heavy (non-hydrogen) atoms. The van der Waals surface area contributed by atoms with Crippen molar-refractivity contribution in [3.63, 3.8) is 0 Å². The van der Waals surface area contributed by atoms with Gasteiger partial charge in [0, 0.05) is 5.56 Å². The number of carbonyl (C=O) groups is 1. The van der Waals surface area contributed by atoms with E-state index in [-0.39, 0.29) is 17.2 Å². The van der Waals surface area contributed by atoms with Crippen molar-refractivity contribution >= 4 is 17.6 Å². The van der Waals surface area contributed by atoms with Gasteiger partial charge in [-0.25, -0.2) is 13.9 Å². The summed E-state index contributed by atoms with van der Waals surface area (Å²) in [4.78, 5) is 12.1. The third-order valence-electron chi connectivity index (χ3n) is 3.10. The average molecular weight is 333 g/mol. The van der Waals surface area contributed by atoms with Crippen molar-refractivity contribution in [2.24, 2.45) is 0 Å². The van der Waals surface area contributed by atoms with Crippen LogP contribution in [-0.4, -0.2) is 26.2 Å². The molecule has 8 heteroatoms. The molecule has 0 saturated carbocycles. The Morgan fingerprint density at radius 2 is 2.09 bits per heavy atom. The zero-order valence-electron chi connectivity index (χ0n) is 11.7. The molecule has 6 nitrogen and oxygen atoms in total. The molecule has 0 radical (unpaired) electrons. The van der Waals surface area contributed by atoms with Crippen molar-refractivity contribution < 1.29 is 13.9 Å². The lowest BCUT2D eigenvalue weighted by molar-refractivity contribution is 0.0469. The fraction of sp³-hybridized carbons (Fsp3) is 0.0667. The number of aromatic nitrogens is 4. The predicted molar refractivity (Wildman–Crippen MR) is 79.7 cm³/mol. The molecule has 0 atom stereocenters. The Morgan fingerprint density at radius 3 is 2.83 bits per heavy atom. The number of benzene rings is 2. The number of esters is 1. The third kappa shape index (κ3) is 3.35. The lowest BCUT2D eigenvalue weighted by Gasteiger charge is -2.08. The van der Waals surface area contributed by atoms with Crippen LogP contribution in [-0.2, 0) is 11.3 Å². The number of ether oxygens (including phenoxy) is 1. The number of tetrazole rings is 1. The van der Waals surface area contributed by atoms with E-state index in [0.29, 0.717) is 11.3 Å². The van der Waals surface area contributed by atoms with E-state index in [1.807, 2.05) is 0 Å². The van der Waals surface area contributed by atoms with Crippen LogP contribution in [0, 0.1) is 5.82 Å². The zero-order valence-corrected chi connectivity index (χ0v) is 12.4. The van der Waals surface area contributed by atoms with Crippen molar-refractivity contribution in [1.29, 1.82) is 0 Å². The highest BCUT2D eigenvalue weighted by Gasteiger charge is 2.13. The summed E-state index contributed by atoms with van der Waals surface area (Å²) in [5.41, 5.74) is 1.04. The van der Waals surface area contributed by atoms with Crippen LogP contribution in [0.1, 0.15) is 15.9 Å². The van der Waals surface area contributed by atoms with Gasteiger partial charge in [0.1, 0.15) is 18.8 Å². The molecule has 3 rings (SSSR count). The molecular weight excluding hydrogens is 323 g/mol. The molecule has 1 heterocycles. The van der Waals surface area contributed by atoms with Crippen molar-refractivity contribution in [3.05, 3.63) is 70.8 Å². The molecule has 0 aliphatic rings. The van der Waals surface area contributed by atoms with E-state index in [9.17, 15) is 9.18 Å². The molecule has 0 N–H and O–H groups in total. The highest BCUT2D eigenvalue weighted by Crippen LogP contribution is 2.20. The molecule has 0 aliphatic carbocycles.